The van der Waals surface area contributed by atoms with Crippen molar-refractivity contribution < 1.29 is 244 Å². The first-order valence-corrected chi connectivity index (χ1v) is 43.1. The van der Waals surface area contributed by atoms with E-state index in [1.165, 1.54) is 122 Å². The van der Waals surface area contributed by atoms with Crippen LogP contribution in [0.3, 0.4) is 0 Å². The Balaban J connectivity index is 0.000000643. The largest absolute Gasteiger partial charge is 1.00 e. The minimum absolute atomic E-state index is 0. The molecule has 8 aromatic carbocycles. The molecule has 108 heavy (non-hydrogen) atoms. The Labute approximate surface area is 832 Å². The molecule has 4 fully saturated rings. The van der Waals surface area contributed by atoms with Gasteiger partial charge in [-0.2, -0.15) is 0 Å². The average Bonchev–Trinajstić information content (AvgIpc) is 0.810. The van der Waals surface area contributed by atoms with Crippen molar-refractivity contribution in [2.45, 2.75) is 243 Å². The summed E-state index contributed by atoms with van der Waals surface area (Å²) in [5.74, 6) is 0. The van der Waals surface area contributed by atoms with Crippen molar-refractivity contribution in [2.75, 3.05) is 52.9 Å². The van der Waals surface area contributed by atoms with Crippen molar-refractivity contribution in [3.05, 3.63) is 231 Å². The first-order valence-electron chi connectivity index (χ1n) is 38.1. The summed E-state index contributed by atoms with van der Waals surface area (Å²) in [6, 6.07) is 33.9. The predicted molar refractivity (Wildman–Crippen MR) is 449 cm³/mol. The maximum Gasteiger partial charge on any atom is 1.00 e. The van der Waals surface area contributed by atoms with Crippen LogP contribution >= 0.6 is 32.6 Å². The van der Waals surface area contributed by atoms with E-state index < -0.39 is 32.6 Å². The van der Waals surface area contributed by atoms with Crippen molar-refractivity contribution in [1.29, 1.82) is 0 Å². The summed E-state index contributed by atoms with van der Waals surface area (Å²) in [4.78, 5) is 52.4. The van der Waals surface area contributed by atoms with Gasteiger partial charge in [-0.1, -0.05) is 142 Å². The van der Waals surface area contributed by atoms with Gasteiger partial charge in [0.15, 0.2) is 0 Å². The summed E-state index contributed by atoms with van der Waals surface area (Å²) in [6.45, 7) is 57.6. The van der Waals surface area contributed by atoms with Crippen LogP contribution in [-0.2, 0) is 18.9 Å². The molecule has 0 amide bonds. The average molecular weight is 1640 g/mol. The third-order valence-corrected chi connectivity index (χ3v) is 27.9. The van der Waals surface area contributed by atoms with Crippen molar-refractivity contribution in [3.63, 3.8) is 0 Å². The van der Waals surface area contributed by atoms with E-state index in [1.54, 1.807) is 0 Å². The molecule has 12 rings (SSSR count). The van der Waals surface area contributed by atoms with Crippen LogP contribution in [0.1, 0.15) is 211 Å². The molecule has 0 spiro atoms. The third-order valence-electron chi connectivity index (χ3n) is 19.0. The Bertz CT molecular complexity index is 3070. The minimum atomic E-state index is -1.53. The van der Waals surface area contributed by atoms with E-state index in [0.717, 1.165) is 184 Å². The Morgan fingerprint density at radius 3 is 0.306 bits per heavy atom. The summed E-state index contributed by atoms with van der Waals surface area (Å²) in [6.07, 6.45) is 15.7. The SMILES string of the molecule is C1CCOCC1.C1CCOCC1.C1CCOCC1.C1CCOCC1.Cc1cc(C)c(P([O-])c2c(C)cc(C)cc2C)c(C)c1.Cc1cc(C)c(P([O-])c2c(C)cc(C)cc2C)c(C)c1.Cc1cc(C)c(P([O-])c2c(C)cc(C)cc2C)c(C)c1.Cc1cc(C)c(P([O-])c2c(C)cc(C)cc2C)c(C)c1.[K+].[K+].[K+].[K+]. The van der Waals surface area contributed by atoms with E-state index in [4.69, 9.17) is 18.9 Å². The molecule has 0 unspecified atom stereocenters. The smallest absolute Gasteiger partial charge is 0.822 e. The normalized spacial score (nSPS) is 13.6. The molecule has 8 aromatic rings. The van der Waals surface area contributed by atoms with E-state index in [1.807, 2.05) is 0 Å². The van der Waals surface area contributed by atoms with Crippen molar-refractivity contribution in [3.8, 4) is 0 Å². The predicted octanol–water partition coefficient (Wildman–Crippen LogP) is 5.74. The molecule has 16 heteroatoms. The van der Waals surface area contributed by atoms with Crippen molar-refractivity contribution >= 4 is 75.0 Å². The van der Waals surface area contributed by atoms with Gasteiger partial charge < -0.3 is 38.5 Å². The maximum absolute atomic E-state index is 13.1. The van der Waals surface area contributed by atoms with Gasteiger partial charge in [0.05, 0.1) is 0 Å². The Morgan fingerprint density at radius 1 is 0.167 bits per heavy atom. The molecule has 4 aliphatic heterocycles. The quantitative estimate of drug-likeness (QED) is 0.139. The van der Waals surface area contributed by atoms with Gasteiger partial charge in [-0.15, -0.1) is 32.6 Å². The van der Waals surface area contributed by atoms with Crippen LogP contribution in [0.15, 0.2) is 97.1 Å². The standard InChI is InChI=1S/4C18H22OP.4C5H10O.4K/c4*1-11-7-13(3)17(14(4)8-11)20(19)18-15(5)9-12(2)10-16(18)6;4*1-2-4-6-5-3-1;;;;/h4*7-10H,1-6H3;4*1-5H2;;;;/q4*-1;;;;;4*+1. The van der Waals surface area contributed by atoms with Crippen LogP contribution in [0.5, 0.6) is 0 Å². The van der Waals surface area contributed by atoms with Crippen molar-refractivity contribution in [2.24, 2.45) is 0 Å². The Kier molecular flexibility index (Phi) is 56.1. The number of ether oxygens (including phenoxy) is 4. The molecule has 568 valence electrons. The zero-order valence-electron chi connectivity index (χ0n) is 72.4. The van der Waals surface area contributed by atoms with E-state index >= 15 is 0 Å². The summed E-state index contributed by atoms with van der Waals surface area (Å²) in [7, 11) is -6.12. The summed E-state index contributed by atoms with van der Waals surface area (Å²) in [5, 5.41) is 8.00. The minimum Gasteiger partial charge on any atom is -0.822 e. The molecule has 4 saturated heterocycles. The van der Waals surface area contributed by atoms with Gasteiger partial charge in [0.25, 0.3) is 0 Å². The van der Waals surface area contributed by atoms with Crippen LogP contribution in [0.4, 0.5) is 0 Å². The fraction of sp³-hybridized carbons (Fsp3) is 0.478. The van der Waals surface area contributed by atoms with E-state index in [9.17, 15) is 19.6 Å². The van der Waals surface area contributed by atoms with Gasteiger partial charge >= 0.3 is 206 Å². The van der Waals surface area contributed by atoms with Gasteiger partial charge in [0, 0.05) is 52.9 Å². The van der Waals surface area contributed by atoms with Gasteiger partial charge in [-0.3, -0.25) is 0 Å². The van der Waals surface area contributed by atoms with E-state index in [-0.39, 0.29) is 206 Å². The number of aryl methyl sites for hydroxylation is 24. The van der Waals surface area contributed by atoms with Crippen LogP contribution in [-0.4, -0.2) is 52.9 Å². The molecule has 0 radical (unpaired) electrons. The van der Waals surface area contributed by atoms with Crippen LogP contribution in [0, 0.1) is 166 Å². The van der Waals surface area contributed by atoms with Crippen LogP contribution < -0.4 is 268 Å². The molecule has 0 saturated carbocycles. The molecule has 0 aliphatic carbocycles. The van der Waals surface area contributed by atoms with E-state index in [0.29, 0.717) is 0 Å². The summed E-state index contributed by atoms with van der Waals surface area (Å²) < 4.78 is 20.3. The summed E-state index contributed by atoms with van der Waals surface area (Å²) >= 11 is 0. The van der Waals surface area contributed by atoms with Gasteiger partial charge in [0.1, 0.15) is 0 Å². The molecule has 4 aliphatic rings. The molecular formula is C92H128K4O8P4. The topological polar surface area (TPSA) is 129 Å². The first-order chi connectivity index (χ1) is 49.2. The van der Waals surface area contributed by atoms with Crippen LogP contribution in [0.2, 0.25) is 0 Å². The Hall–Kier alpha value is 1.71. The van der Waals surface area contributed by atoms with E-state index in [2.05, 4.69) is 263 Å². The monoisotopic (exact) mass is 1640 g/mol. The van der Waals surface area contributed by atoms with Crippen molar-refractivity contribution in [1.82, 2.24) is 0 Å². The number of hydrogen-bond donors (Lipinski definition) is 0. The first kappa shape index (κ1) is 108. The fourth-order valence-corrected chi connectivity index (χ4v) is 22.2. The molecule has 8 nitrogen and oxygen atoms in total. The van der Waals surface area contributed by atoms with Crippen LogP contribution in [0.25, 0.3) is 0 Å². The summed E-state index contributed by atoms with van der Waals surface area (Å²) in [5.41, 5.74) is 27.9. The molecule has 0 atom stereocenters. The van der Waals surface area contributed by atoms with Gasteiger partial charge in [-0.25, -0.2) is 0 Å². The Morgan fingerprint density at radius 2 is 0.250 bits per heavy atom. The van der Waals surface area contributed by atoms with Gasteiger partial charge in [-0.05, 0) is 375 Å². The fourth-order valence-electron chi connectivity index (χ4n) is 15.1. The maximum atomic E-state index is 13.1. The number of hydrogen-bond acceptors (Lipinski definition) is 8. The second kappa shape index (κ2) is 56.3. The number of benzene rings is 8. The molecular weight excluding hydrogens is 1510 g/mol. The molecule has 0 N–H and O–H groups in total. The second-order valence-electron chi connectivity index (χ2n) is 29.8. The zero-order chi connectivity index (χ0) is 77.1. The van der Waals surface area contributed by atoms with Gasteiger partial charge in [0.2, 0.25) is 0 Å². The second-order valence-corrected chi connectivity index (χ2v) is 35.8. The number of rotatable bonds is 8. The third kappa shape index (κ3) is 35.6. The molecule has 0 bridgehead atoms. The molecule has 0 aromatic heterocycles. The molecule has 4 heterocycles. The zero-order valence-corrected chi connectivity index (χ0v) is 88.5.